The monoisotopic (exact) mass is 256 g/mol. The van der Waals surface area contributed by atoms with E-state index in [0.717, 1.165) is 25.7 Å². The predicted molar refractivity (Wildman–Crippen MR) is 61.8 cm³/mol. The number of nitrogens with zero attached hydrogens (tertiary/aromatic N) is 4. The highest BCUT2D eigenvalue weighted by atomic mass is 32.2. The fourth-order valence-electron chi connectivity index (χ4n) is 3.25. The third-order valence-corrected chi connectivity index (χ3v) is 5.15. The summed E-state index contributed by atoms with van der Waals surface area (Å²) in [6, 6.07) is 0.528. The average molecular weight is 256 g/mol. The summed E-state index contributed by atoms with van der Waals surface area (Å²) in [5.74, 6) is 0. The standard InChI is InChI=1S/C10H16N4O2S/c1-17(15,16)13-8-2-3-9(13)7-10(6-8)14-11-4-5-12-14/h4-5,8-10H,2-3,6-7H2,1H3. The van der Waals surface area contributed by atoms with E-state index in [-0.39, 0.29) is 18.1 Å². The maximum absolute atomic E-state index is 11.7. The number of aromatic nitrogens is 3. The molecule has 0 amide bonds. The Labute approximate surface area is 101 Å². The van der Waals surface area contributed by atoms with E-state index in [4.69, 9.17) is 0 Å². The van der Waals surface area contributed by atoms with Crippen LogP contribution in [0, 0.1) is 0 Å². The Morgan fingerprint density at radius 2 is 1.59 bits per heavy atom. The van der Waals surface area contributed by atoms with E-state index in [1.807, 2.05) is 0 Å². The van der Waals surface area contributed by atoms with Gasteiger partial charge in [-0.25, -0.2) is 8.42 Å². The molecule has 3 rings (SSSR count). The zero-order valence-electron chi connectivity index (χ0n) is 9.73. The van der Waals surface area contributed by atoms with Crippen molar-refractivity contribution in [2.75, 3.05) is 6.26 Å². The second-order valence-electron chi connectivity index (χ2n) is 4.95. The van der Waals surface area contributed by atoms with Crippen molar-refractivity contribution >= 4 is 10.0 Å². The molecule has 2 unspecified atom stereocenters. The summed E-state index contributed by atoms with van der Waals surface area (Å²) in [4.78, 5) is 1.73. The molecule has 2 aliphatic heterocycles. The van der Waals surface area contributed by atoms with Gasteiger partial charge in [0.1, 0.15) is 0 Å². The highest BCUT2D eigenvalue weighted by Gasteiger charge is 2.46. The van der Waals surface area contributed by atoms with Gasteiger partial charge in [0.15, 0.2) is 0 Å². The lowest BCUT2D eigenvalue weighted by Crippen LogP contribution is -2.46. The molecule has 0 aliphatic carbocycles. The molecule has 2 bridgehead atoms. The molecule has 17 heavy (non-hydrogen) atoms. The summed E-state index contributed by atoms with van der Waals surface area (Å²) in [5.41, 5.74) is 0. The summed E-state index contributed by atoms with van der Waals surface area (Å²) >= 11 is 0. The van der Waals surface area contributed by atoms with E-state index in [1.165, 1.54) is 6.26 Å². The van der Waals surface area contributed by atoms with E-state index in [9.17, 15) is 8.42 Å². The molecule has 2 fully saturated rings. The molecule has 0 aromatic carbocycles. The molecule has 3 heterocycles. The van der Waals surface area contributed by atoms with E-state index >= 15 is 0 Å². The van der Waals surface area contributed by atoms with Crippen LogP contribution < -0.4 is 0 Å². The molecule has 2 saturated heterocycles. The SMILES string of the molecule is CS(=O)(=O)N1C2CCC1CC(n1nccn1)C2. The highest BCUT2D eigenvalue weighted by Crippen LogP contribution is 2.41. The first kappa shape index (κ1) is 11.2. The number of hydrogen-bond donors (Lipinski definition) is 0. The van der Waals surface area contributed by atoms with Crippen molar-refractivity contribution in [1.82, 2.24) is 19.3 Å². The zero-order valence-corrected chi connectivity index (χ0v) is 10.5. The molecule has 7 heteroatoms. The van der Waals surface area contributed by atoms with Crippen molar-refractivity contribution in [1.29, 1.82) is 0 Å². The lowest BCUT2D eigenvalue weighted by molar-refractivity contribution is 0.175. The lowest BCUT2D eigenvalue weighted by Gasteiger charge is -2.36. The molecule has 0 radical (unpaired) electrons. The molecule has 1 aromatic rings. The Bertz CT molecular complexity index is 484. The predicted octanol–water partition coefficient (Wildman–Crippen LogP) is 0.406. The molecular formula is C10H16N4O2S. The number of sulfonamides is 1. The maximum Gasteiger partial charge on any atom is 0.211 e. The minimum atomic E-state index is -3.07. The van der Waals surface area contributed by atoms with Gasteiger partial charge in [-0.2, -0.15) is 19.3 Å². The fraction of sp³-hybridized carbons (Fsp3) is 0.800. The second-order valence-corrected chi connectivity index (χ2v) is 6.84. The quantitative estimate of drug-likeness (QED) is 0.768. The van der Waals surface area contributed by atoms with Gasteiger partial charge in [-0.3, -0.25) is 0 Å². The van der Waals surface area contributed by atoms with Crippen LogP contribution in [0.5, 0.6) is 0 Å². The molecule has 0 N–H and O–H groups in total. The van der Waals surface area contributed by atoms with Gasteiger partial charge in [0.2, 0.25) is 10.0 Å². The van der Waals surface area contributed by atoms with Crippen molar-refractivity contribution in [2.24, 2.45) is 0 Å². The third kappa shape index (κ3) is 1.87. The van der Waals surface area contributed by atoms with Crippen LogP contribution in [0.3, 0.4) is 0 Å². The summed E-state index contributed by atoms with van der Waals surface area (Å²) in [5, 5.41) is 8.32. The highest BCUT2D eigenvalue weighted by molar-refractivity contribution is 7.88. The Morgan fingerprint density at radius 3 is 2.06 bits per heavy atom. The second kappa shape index (κ2) is 3.78. The molecule has 0 spiro atoms. The number of fused-ring (bicyclic) bond motifs is 2. The minimum absolute atomic E-state index is 0.139. The molecule has 2 aliphatic rings. The first-order chi connectivity index (χ1) is 8.05. The smallest absolute Gasteiger partial charge is 0.211 e. The molecular weight excluding hydrogens is 240 g/mol. The number of rotatable bonds is 2. The minimum Gasteiger partial charge on any atom is -0.212 e. The molecule has 6 nitrogen and oxygen atoms in total. The van der Waals surface area contributed by atoms with Gasteiger partial charge in [0.25, 0.3) is 0 Å². The summed E-state index contributed by atoms with van der Waals surface area (Å²) in [7, 11) is -3.07. The van der Waals surface area contributed by atoms with Gasteiger partial charge >= 0.3 is 0 Å². The van der Waals surface area contributed by atoms with Crippen LogP contribution >= 0.6 is 0 Å². The number of hydrogen-bond acceptors (Lipinski definition) is 4. The Kier molecular flexibility index (Phi) is 2.48. The normalized spacial score (nSPS) is 34.1. The van der Waals surface area contributed by atoms with Crippen LogP contribution in [0.25, 0.3) is 0 Å². The van der Waals surface area contributed by atoms with Crippen molar-refractivity contribution in [2.45, 2.75) is 43.8 Å². The zero-order chi connectivity index (χ0) is 12.0. The largest absolute Gasteiger partial charge is 0.212 e. The number of piperidine rings is 1. The lowest BCUT2D eigenvalue weighted by atomic mass is 10.0. The Morgan fingerprint density at radius 1 is 1.06 bits per heavy atom. The van der Waals surface area contributed by atoms with Crippen molar-refractivity contribution in [3.63, 3.8) is 0 Å². The van der Waals surface area contributed by atoms with Gasteiger partial charge in [0, 0.05) is 12.1 Å². The van der Waals surface area contributed by atoms with Crippen LogP contribution in [0.15, 0.2) is 12.4 Å². The van der Waals surface area contributed by atoms with E-state index in [0.29, 0.717) is 0 Å². The fourth-order valence-corrected chi connectivity index (χ4v) is 4.72. The van der Waals surface area contributed by atoms with Crippen LogP contribution in [-0.2, 0) is 10.0 Å². The van der Waals surface area contributed by atoms with Crippen LogP contribution in [0.2, 0.25) is 0 Å². The molecule has 1 aromatic heterocycles. The maximum atomic E-state index is 11.7. The van der Waals surface area contributed by atoms with E-state index in [2.05, 4.69) is 10.2 Å². The first-order valence-electron chi connectivity index (χ1n) is 5.90. The third-order valence-electron chi connectivity index (χ3n) is 3.79. The first-order valence-corrected chi connectivity index (χ1v) is 7.75. The van der Waals surface area contributed by atoms with Crippen molar-refractivity contribution in [3.8, 4) is 0 Å². The summed E-state index contributed by atoms with van der Waals surface area (Å²) < 4.78 is 25.2. The van der Waals surface area contributed by atoms with Gasteiger partial charge in [-0.1, -0.05) is 0 Å². The van der Waals surface area contributed by atoms with Gasteiger partial charge < -0.3 is 0 Å². The molecule has 2 atom stereocenters. The summed E-state index contributed by atoms with van der Waals surface area (Å²) in [6.45, 7) is 0. The van der Waals surface area contributed by atoms with Gasteiger partial charge in [0.05, 0.1) is 24.7 Å². The van der Waals surface area contributed by atoms with Crippen molar-refractivity contribution in [3.05, 3.63) is 12.4 Å². The average Bonchev–Trinajstić information content (AvgIpc) is 2.84. The Balaban J connectivity index is 1.84. The Hall–Kier alpha value is -0.950. The molecule has 0 saturated carbocycles. The van der Waals surface area contributed by atoms with Crippen LogP contribution in [-0.4, -0.2) is 46.1 Å². The van der Waals surface area contributed by atoms with Gasteiger partial charge in [-0.05, 0) is 25.7 Å². The van der Waals surface area contributed by atoms with Gasteiger partial charge in [-0.15, -0.1) is 0 Å². The van der Waals surface area contributed by atoms with Crippen LogP contribution in [0.1, 0.15) is 31.7 Å². The van der Waals surface area contributed by atoms with E-state index in [1.54, 1.807) is 21.5 Å². The van der Waals surface area contributed by atoms with E-state index < -0.39 is 10.0 Å². The topological polar surface area (TPSA) is 68.1 Å². The van der Waals surface area contributed by atoms with Crippen molar-refractivity contribution < 1.29 is 8.42 Å². The summed E-state index contributed by atoms with van der Waals surface area (Å²) in [6.07, 6.45) is 8.25. The van der Waals surface area contributed by atoms with Crippen LogP contribution in [0.4, 0.5) is 0 Å². The molecule has 94 valence electrons.